The summed E-state index contributed by atoms with van der Waals surface area (Å²) in [6, 6.07) is 9.82. The lowest BCUT2D eigenvalue weighted by Gasteiger charge is -2.23. The van der Waals surface area contributed by atoms with Gasteiger partial charge in [-0.3, -0.25) is 9.48 Å². The summed E-state index contributed by atoms with van der Waals surface area (Å²) in [5, 5.41) is 12.5. The summed E-state index contributed by atoms with van der Waals surface area (Å²) in [5.74, 6) is -0.0615. The second kappa shape index (κ2) is 6.51. The number of carbonyl (C=O) groups is 1. The van der Waals surface area contributed by atoms with Crippen molar-refractivity contribution in [2.75, 3.05) is 6.54 Å². The Kier molecular flexibility index (Phi) is 4.05. The zero-order valence-corrected chi connectivity index (χ0v) is 14.1. The molecule has 3 heterocycles. The third kappa shape index (κ3) is 3.17. The summed E-state index contributed by atoms with van der Waals surface area (Å²) in [7, 11) is 0. The fourth-order valence-electron chi connectivity index (χ4n) is 3.29. The maximum absolute atomic E-state index is 12.9. The van der Waals surface area contributed by atoms with E-state index in [-0.39, 0.29) is 11.9 Å². The van der Waals surface area contributed by atoms with Gasteiger partial charge in [0.05, 0.1) is 30.7 Å². The first-order chi connectivity index (χ1) is 12.2. The standard InChI is InChI=1S/C18H20N6O/c1-14-10-19-22(11-14)12-16-8-5-9-23(16)18(25)17-13-24(21-20-17)15-6-3-2-4-7-15/h2-4,6-7,10-11,13,16H,5,8-9,12H2,1H3/t16-/m1/s1. The molecule has 3 aromatic rings. The molecule has 2 aromatic heterocycles. The zero-order chi connectivity index (χ0) is 17.2. The SMILES string of the molecule is Cc1cnn(C[C@H]2CCCN2C(=O)c2cn(-c3ccccc3)nn2)c1. The highest BCUT2D eigenvalue weighted by Gasteiger charge is 2.31. The van der Waals surface area contributed by atoms with Crippen LogP contribution in [-0.4, -0.2) is 48.2 Å². The Balaban J connectivity index is 1.51. The summed E-state index contributed by atoms with van der Waals surface area (Å²) >= 11 is 0. The van der Waals surface area contributed by atoms with Gasteiger partial charge in [-0.25, -0.2) is 4.68 Å². The van der Waals surface area contributed by atoms with Gasteiger partial charge in [0.1, 0.15) is 0 Å². The van der Waals surface area contributed by atoms with Crippen molar-refractivity contribution in [3.05, 3.63) is 60.2 Å². The number of amides is 1. The van der Waals surface area contributed by atoms with Gasteiger partial charge in [-0.05, 0) is 37.5 Å². The van der Waals surface area contributed by atoms with E-state index in [9.17, 15) is 4.79 Å². The number of hydrogen-bond donors (Lipinski definition) is 0. The Hall–Kier alpha value is -2.96. The van der Waals surface area contributed by atoms with Gasteiger partial charge in [0, 0.05) is 12.7 Å². The predicted molar refractivity (Wildman–Crippen MR) is 92.4 cm³/mol. The van der Waals surface area contributed by atoms with Gasteiger partial charge >= 0.3 is 0 Å². The molecule has 128 valence electrons. The lowest BCUT2D eigenvalue weighted by Crippen LogP contribution is -2.38. The molecule has 1 aliphatic heterocycles. The van der Waals surface area contributed by atoms with Crippen LogP contribution in [0.1, 0.15) is 28.9 Å². The minimum atomic E-state index is -0.0615. The first-order valence-corrected chi connectivity index (χ1v) is 8.48. The van der Waals surface area contributed by atoms with Gasteiger partial charge in [-0.15, -0.1) is 5.10 Å². The molecule has 1 saturated heterocycles. The van der Waals surface area contributed by atoms with E-state index in [1.165, 1.54) is 0 Å². The van der Waals surface area contributed by atoms with Gasteiger partial charge in [0.15, 0.2) is 5.69 Å². The maximum atomic E-state index is 12.9. The molecule has 0 aliphatic carbocycles. The quantitative estimate of drug-likeness (QED) is 0.731. The number of hydrogen-bond acceptors (Lipinski definition) is 4. The number of likely N-dealkylation sites (tertiary alicyclic amines) is 1. The van der Waals surface area contributed by atoms with Crippen molar-refractivity contribution in [3.63, 3.8) is 0 Å². The summed E-state index contributed by atoms with van der Waals surface area (Å²) in [6.45, 7) is 3.48. The van der Waals surface area contributed by atoms with E-state index in [0.717, 1.165) is 30.6 Å². The van der Waals surface area contributed by atoms with E-state index < -0.39 is 0 Å². The number of carbonyl (C=O) groups excluding carboxylic acids is 1. The van der Waals surface area contributed by atoms with Gasteiger partial charge < -0.3 is 4.90 Å². The molecule has 1 atom stereocenters. The van der Waals surface area contributed by atoms with Gasteiger partial charge in [-0.2, -0.15) is 5.10 Å². The summed E-state index contributed by atoms with van der Waals surface area (Å²) < 4.78 is 3.54. The summed E-state index contributed by atoms with van der Waals surface area (Å²) in [5.41, 5.74) is 2.40. The van der Waals surface area contributed by atoms with E-state index >= 15 is 0 Å². The molecular formula is C18H20N6O. The zero-order valence-electron chi connectivity index (χ0n) is 14.1. The Labute approximate surface area is 145 Å². The number of benzene rings is 1. The van der Waals surface area contributed by atoms with Crippen LogP contribution >= 0.6 is 0 Å². The fraction of sp³-hybridized carbons (Fsp3) is 0.333. The molecule has 25 heavy (non-hydrogen) atoms. The van der Waals surface area contributed by atoms with Crippen LogP contribution in [0, 0.1) is 6.92 Å². The highest BCUT2D eigenvalue weighted by atomic mass is 16.2. The number of aromatic nitrogens is 5. The van der Waals surface area contributed by atoms with Crippen LogP contribution in [0.3, 0.4) is 0 Å². The van der Waals surface area contributed by atoms with E-state index in [4.69, 9.17) is 0 Å². The molecule has 1 aliphatic rings. The highest BCUT2D eigenvalue weighted by molar-refractivity contribution is 5.92. The smallest absolute Gasteiger partial charge is 0.276 e. The van der Waals surface area contributed by atoms with Crippen LogP contribution in [0.25, 0.3) is 5.69 Å². The van der Waals surface area contributed by atoms with Crippen LogP contribution in [0.2, 0.25) is 0 Å². The molecule has 4 rings (SSSR count). The first-order valence-electron chi connectivity index (χ1n) is 8.48. The highest BCUT2D eigenvalue weighted by Crippen LogP contribution is 2.21. The van der Waals surface area contributed by atoms with E-state index in [2.05, 4.69) is 15.4 Å². The summed E-state index contributed by atoms with van der Waals surface area (Å²) in [6.07, 6.45) is 7.53. The number of rotatable bonds is 4. The van der Waals surface area contributed by atoms with Crippen molar-refractivity contribution in [2.24, 2.45) is 0 Å². The lowest BCUT2D eigenvalue weighted by molar-refractivity contribution is 0.0715. The Morgan fingerprint density at radius 1 is 1.24 bits per heavy atom. The van der Waals surface area contributed by atoms with Crippen molar-refractivity contribution < 1.29 is 4.79 Å². The third-order valence-corrected chi connectivity index (χ3v) is 4.53. The van der Waals surface area contributed by atoms with Crippen molar-refractivity contribution in [1.29, 1.82) is 0 Å². The van der Waals surface area contributed by atoms with E-state index in [1.807, 2.05) is 59.2 Å². The maximum Gasteiger partial charge on any atom is 0.276 e. The molecule has 0 unspecified atom stereocenters. The normalized spacial score (nSPS) is 17.2. The molecular weight excluding hydrogens is 316 g/mol. The van der Waals surface area contributed by atoms with Crippen LogP contribution in [0.4, 0.5) is 0 Å². The molecule has 7 nitrogen and oxygen atoms in total. The van der Waals surface area contributed by atoms with E-state index in [0.29, 0.717) is 12.2 Å². The summed E-state index contributed by atoms with van der Waals surface area (Å²) in [4.78, 5) is 14.8. The molecule has 1 amide bonds. The van der Waals surface area contributed by atoms with Crippen molar-refractivity contribution in [2.45, 2.75) is 32.4 Å². The Bertz CT molecular complexity index is 869. The average Bonchev–Trinajstić information content (AvgIpc) is 3.37. The molecule has 0 N–H and O–H groups in total. The average molecular weight is 336 g/mol. The second-order valence-electron chi connectivity index (χ2n) is 6.42. The number of para-hydroxylation sites is 1. The van der Waals surface area contributed by atoms with Crippen molar-refractivity contribution in [3.8, 4) is 5.69 Å². The topological polar surface area (TPSA) is 68.8 Å². The molecule has 7 heteroatoms. The van der Waals surface area contributed by atoms with Crippen LogP contribution < -0.4 is 0 Å². The van der Waals surface area contributed by atoms with Crippen LogP contribution in [0.15, 0.2) is 48.9 Å². The predicted octanol–water partition coefficient (Wildman–Crippen LogP) is 2.08. The third-order valence-electron chi connectivity index (χ3n) is 4.53. The monoisotopic (exact) mass is 336 g/mol. The van der Waals surface area contributed by atoms with Gasteiger partial charge in [-0.1, -0.05) is 23.4 Å². The van der Waals surface area contributed by atoms with Gasteiger partial charge in [0.25, 0.3) is 5.91 Å². The number of aryl methyl sites for hydroxylation is 1. The molecule has 0 saturated carbocycles. The largest absolute Gasteiger partial charge is 0.332 e. The van der Waals surface area contributed by atoms with Gasteiger partial charge in [0.2, 0.25) is 0 Å². The first kappa shape index (κ1) is 15.6. The van der Waals surface area contributed by atoms with Crippen molar-refractivity contribution in [1.82, 2.24) is 29.7 Å². The van der Waals surface area contributed by atoms with Crippen molar-refractivity contribution >= 4 is 5.91 Å². The number of nitrogens with zero attached hydrogens (tertiary/aromatic N) is 6. The second-order valence-corrected chi connectivity index (χ2v) is 6.42. The Morgan fingerprint density at radius 3 is 2.84 bits per heavy atom. The molecule has 1 aromatic carbocycles. The van der Waals surface area contributed by atoms with Crippen LogP contribution in [0.5, 0.6) is 0 Å². The minimum absolute atomic E-state index is 0.0615. The minimum Gasteiger partial charge on any atom is -0.332 e. The molecule has 1 fully saturated rings. The lowest BCUT2D eigenvalue weighted by atomic mass is 10.2. The fourth-order valence-corrected chi connectivity index (χ4v) is 3.29. The molecule has 0 radical (unpaired) electrons. The molecule has 0 bridgehead atoms. The molecule has 0 spiro atoms. The van der Waals surface area contributed by atoms with Crippen LogP contribution in [-0.2, 0) is 6.54 Å². The Morgan fingerprint density at radius 2 is 2.08 bits per heavy atom. The van der Waals surface area contributed by atoms with E-state index in [1.54, 1.807) is 10.9 Å².